The Morgan fingerprint density at radius 1 is 1.33 bits per heavy atom. The number of carbonyl (C=O) groups excluding carboxylic acids is 1. The molecule has 2 bridgehead atoms. The van der Waals surface area contributed by atoms with Gasteiger partial charge in [-0.05, 0) is 62.6 Å². The van der Waals surface area contributed by atoms with Crippen LogP contribution in [0.4, 0.5) is 0 Å². The molecule has 0 radical (unpaired) electrons. The van der Waals surface area contributed by atoms with E-state index < -0.39 is 0 Å². The second-order valence-corrected chi connectivity index (χ2v) is 9.21. The molecule has 3 aliphatic heterocycles. The van der Waals surface area contributed by atoms with Gasteiger partial charge in [-0.1, -0.05) is 6.07 Å². The molecule has 6 rings (SSSR count). The van der Waals surface area contributed by atoms with Gasteiger partial charge in [-0.3, -0.25) is 9.69 Å². The zero-order valence-electron chi connectivity index (χ0n) is 15.7. The number of carbonyl (C=O) groups is 1. The lowest BCUT2D eigenvalue weighted by atomic mass is 9.74. The summed E-state index contributed by atoms with van der Waals surface area (Å²) >= 11 is 1.73. The van der Waals surface area contributed by atoms with Crippen molar-refractivity contribution in [2.24, 2.45) is 11.8 Å². The summed E-state index contributed by atoms with van der Waals surface area (Å²) in [6.07, 6.45) is 4.54. The Hall–Kier alpha value is -1.79. The minimum absolute atomic E-state index is 0.265. The summed E-state index contributed by atoms with van der Waals surface area (Å²) in [5.74, 6) is 2.56. The summed E-state index contributed by atoms with van der Waals surface area (Å²) < 4.78 is 0. The Morgan fingerprint density at radius 2 is 2.22 bits per heavy atom. The quantitative estimate of drug-likeness (QED) is 0.863. The van der Waals surface area contributed by atoms with E-state index in [-0.39, 0.29) is 5.91 Å². The van der Waals surface area contributed by atoms with Gasteiger partial charge in [0.25, 0.3) is 0 Å². The molecule has 6 heteroatoms. The molecule has 4 aliphatic rings. The lowest BCUT2D eigenvalue weighted by Crippen LogP contribution is -2.56. The van der Waals surface area contributed by atoms with Gasteiger partial charge in [0.05, 0.1) is 10.6 Å². The van der Waals surface area contributed by atoms with Crippen LogP contribution in [0.25, 0.3) is 10.6 Å². The van der Waals surface area contributed by atoms with Crippen LogP contribution in [0, 0.1) is 18.8 Å². The molecule has 1 N–H and O–H groups in total. The molecule has 27 heavy (non-hydrogen) atoms. The van der Waals surface area contributed by atoms with Crippen molar-refractivity contribution in [3.63, 3.8) is 0 Å². The first kappa shape index (κ1) is 17.3. The van der Waals surface area contributed by atoms with Crippen LogP contribution in [0.5, 0.6) is 0 Å². The summed E-state index contributed by atoms with van der Waals surface area (Å²) in [5, 5.41) is 5.28. The van der Waals surface area contributed by atoms with Crippen molar-refractivity contribution in [1.82, 2.24) is 20.2 Å². The molecule has 1 unspecified atom stereocenters. The second kappa shape index (κ2) is 6.99. The van der Waals surface area contributed by atoms with E-state index in [2.05, 4.69) is 38.8 Å². The first-order valence-corrected chi connectivity index (χ1v) is 11.0. The van der Waals surface area contributed by atoms with Crippen LogP contribution < -0.4 is 5.32 Å². The monoisotopic (exact) mass is 382 g/mol. The van der Waals surface area contributed by atoms with Crippen molar-refractivity contribution in [3.05, 3.63) is 35.1 Å². The van der Waals surface area contributed by atoms with E-state index in [4.69, 9.17) is 4.98 Å². The molecule has 4 atom stereocenters. The molecule has 0 aromatic carbocycles. The van der Waals surface area contributed by atoms with Crippen LogP contribution in [0.15, 0.2) is 23.6 Å². The van der Waals surface area contributed by atoms with E-state index in [0.29, 0.717) is 23.8 Å². The molecular formula is C21H26N4OS. The molecule has 1 aliphatic carbocycles. The Bertz CT molecular complexity index is 833. The second-order valence-electron chi connectivity index (χ2n) is 8.26. The van der Waals surface area contributed by atoms with Crippen LogP contribution in [0.3, 0.4) is 0 Å². The molecule has 3 saturated heterocycles. The van der Waals surface area contributed by atoms with Gasteiger partial charge in [0.2, 0.25) is 5.91 Å². The maximum Gasteiger partial charge on any atom is 0.223 e. The number of fused-ring (bicyclic) bond motifs is 3. The van der Waals surface area contributed by atoms with Gasteiger partial charge in [0.1, 0.15) is 5.82 Å². The third kappa shape index (κ3) is 3.52. The van der Waals surface area contributed by atoms with Gasteiger partial charge in [-0.15, -0.1) is 11.3 Å². The van der Waals surface area contributed by atoms with Crippen LogP contribution in [-0.2, 0) is 4.79 Å². The van der Waals surface area contributed by atoms with E-state index in [1.165, 1.54) is 17.0 Å². The zero-order chi connectivity index (χ0) is 18.4. The zero-order valence-corrected chi connectivity index (χ0v) is 16.5. The first-order chi connectivity index (χ1) is 13.2. The van der Waals surface area contributed by atoms with Crippen LogP contribution in [-0.4, -0.2) is 46.5 Å². The Kier molecular flexibility index (Phi) is 4.48. The van der Waals surface area contributed by atoms with E-state index in [0.717, 1.165) is 50.4 Å². The number of rotatable bonds is 5. The number of thiophene rings is 1. The van der Waals surface area contributed by atoms with Crippen molar-refractivity contribution in [2.75, 3.05) is 19.6 Å². The number of nitrogens with zero attached hydrogens (tertiary/aromatic N) is 3. The van der Waals surface area contributed by atoms with Crippen molar-refractivity contribution in [3.8, 4) is 10.6 Å². The summed E-state index contributed by atoms with van der Waals surface area (Å²) in [6, 6.07) is 6.90. The van der Waals surface area contributed by atoms with Gasteiger partial charge >= 0.3 is 0 Å². The number of hydrogen-bond donors (Lipinski definition) is 1. The lowest BCUT2D eigenvalue weighted by molar-refractivity contribution is -0.122. The summed E-state index contributed by atoms with van der Waals surface area (Å²) in [4.78, 5) is 25.2. The minimum atomic E-state index is 0.265. The largest absolute Gasteiger partial charge is 0.354 e. The van der Waals surface area contributed by atoms with Crippen molar-refractivity contribution >= 4 is 17.2 Å². The summed E-state index contributed by atoms with van der Waals surface area (Å²) in [7, 11) is 0. The van der Waals surface area contributed by atoms with Crippen molar-refractivity contribution < 1.29 is 4.79 Å². The smallest absolute Gasteiger partial charge is 0.223 e. The molecule has 5 heterocycles. The van der Waals surface area contributed by atoms with E-state index in [9.17, 15) is 4.79 Å². The average Bonchev–Trinajstić information content (AvgIpc) is 3.40. The minimum Gasteiger partial charge on any atom is -0.354 e. The SMILES string of the molecule is Cc1nc(-c2cccs2)cc([C@H]2CN3CC[C@H]2C[C@@H]3CNC(=O)C2CC2)n1. The van der Waals surface area contributed by atoms with E-state index in [1.54, 1.807) is 11.3 Å². The molecule has 2 aromatic heterocycles. The third-order valence-corrected chi connectivity index (χ3v) is 7.24. The fourth-order valence-electron chi connectivity index (χ4n) is 4.73. The maximum absolute atomic E-state index is 12.0. The molecule has 2 aromatic rings. The van der Waals surface area contributed by atoms with Crippen molar-refractivity contribution in [2.45, 2.75) is 44.6 Å². The number of piperidine rings is 3. The topological polar surface area (TPSA) is 58.1 Å². The number of aryl methyl sites for hydroxylation is 1. The molecule has 1 saturated carbocycles. The summed E-state index contributed by atoms with van der Waals surface area (Å²) in [6.45, 7) is 5.00. The van der Waals surface area contributed by atoms with Gasteiger partial charge in [-0.2, -0.15) is 0 Å². The molecule has 5 nitrogen and oxygen atoms in total. The number of aromatic nitrogens is 2. The van der Waals surface area contributed by atoms with Crippen molar-refractivity contribution in [1.29, 1.82) is 0 Å². The lowest BCUT2D eigenvalue weighted by Gasteiger charge is -2.49. The fraction of sp³-hybridized carbons (Fsp3) is 0.571. The highest BCUT2D eigenvalue weighted by molar-refractivity contribution is 7.13. The number of nitrogens with one attached hydrogen (secondary N) is 1. The standard InChI is InChI=1S/C21H26N4OS/c1-13-23-18(10-19(24-13)20-3-2-8-27-20)17-12-25-7-6-15(17)9-16(25)11-22-21(26)14-4-5-14/h2-3,8,10,14-17H,4-7,9,11-12H2,1H3,(H,22,26)/t15-,16+,17-/m0/s1. The van der Waals surface area contributed by atoms with E-state index in [1.807, 2.05) is 6.92 Å². The molecule has 142 valence electrons. The predicted octanol–water partition coefficient (Wildman–Crippen LogP) is 3.22. The van der Waals surface area contributed by atoms with Gasteiger partial charge < -0.3 is 5.32 Å². The summed E-state index contributed by atoms with van der Waals surface area (Å²) in [5.41, 5.74) is 2.25. The predicted molar refractivity (Wildman–Crippen MR) is 107 cm³/mol. The maximum atomic E-state index is 12.0. The fourth-order valence-corrected chi connectivity index (χ4v) is 5.41. The highest BCUT2D eigenvalue weighted by atomic mass is 32.1. The third-order valence-electron chi connectivity index (χ3n) is 6.35. The number of hydrogen-bond acceptors (Lipinski definition) is 5. The Morgan fingerprint density at radius 3 is 2.93 bits per heavy atom. The number of amides is 1. The van der Waals surface area contributed by atoms with Gasteiger partial charge in [0, 0.05) is 36.7 Å². The first-order valence-electron chi connectivity index (χ1n) is 10.1. The van der Waals surface area contributed by atoms with Gasteiger partial charge in [0.15, 0.2) is 0 Å². The van der Waals surface area contributed by atoms with Crippen LogP contribution in [0.2, 0.25) is 0 Å². The highest BCUT2D eigenvalue weighted by Crippen LogP contribution is 2.42. The molecule has 1 amide bonds. The Balaban J connectivity index is 1.31. The van der Waals surface area contributed by atoms with Crippen LogP contribution in [0.1, 0.15) is 43.1 Å². The van der Waals surface area contributed by atoms with E-state index >= 15 is 0 Å². The normalized spacial score (nSPS) is 29.7. The Labute approximate surface area is 164 Å². The van der Waals surface area contributed by atoms with Crippen LogP contribution >= 0.6 is 11.3 Å². The molecule has 4 fully saturated rings. The highest BCUT2D eigenvalue weighted by Gasteiger charge is 2.42. The molecular weight excluding hydrogens is 356 g/mol. The average molecular weight is 383 g/mol. The van der Waals surface area contributed by atoms with Gasteiger partial charge in [-0.25, -0.2) is 9.97 Å². The molecule has 0 spiro atoms.